The molecule has 24 heavy (non-hydrogen) atoms. The molecule has 0 bridgehead atoms. The highest BCUT2D eigenvalue weighted by atomic mass is 16.2. The van der Waals surface area contributed by atoms with Crippen molar-refractivity contribution in [2.45, 2.75) is 19.8 Å². The third kappa shape index (κ3) is 3.15. The molecule has 3 N–H and O–H groups in total. The molecule has 2 aliphatic heterocycles. The number of terminal acetylenes is 1. The minimum Gasteiger partial charge on any atom is -0.361 e. The molecule has 1 amide bonds. The van der Waals surface area contributed by atoms with Crippen molar-refractivity contribution in [2.24, 2.45) is 4.99 Å². The fourth-order valence-electron chi connectivity index (χ4n) is 2.75. The first-order chi connectivity index (χ1) is 11.6. The highest BCUT2D eigenvalue weighted by molar-refractivity contribution is 6.28. The van der Waals surface area contributed by atoms with E-state index >= 15 is 0 Å². The normalized spacial score (nSPS) is 19.1. The molecule has 1 aromatic rings. The molecule has 1 fully saturated rings. The summed E-state index contributed by atoms with van der Waals surface area (Å²) in [5.41, 5.74) is 2.80. The van der Waals surface area contributed by atoms with Gasteiger partial charge in [-0.1, -0.05) is 5.92 Å². The average molecular weight is 321 g/mol. The number of amides is 1. The number of aliphatic imine (C=N–C) groups is 1. The van der Waals surface area contributed by atoms with Crippen LogP contribution in [0.1, 0.15) is 24.0 Å². The minimum atomic E-state index is -0.317. The molecule has 6 heteroatoms. The van der Waals surface area contributed by atoms with Crippen LogP contribution in [0.4, 0.5) is 5.69 Å². The third-order valence-electron chi connectivity index (χ3n) is 4.11. The molecule has 2 heterocycles. The molecule has 0 unspecified atom stereocenters. The number of likely N-dealkylation sites (tertiary alicyclic amines) is 1. The van der Waals surface area contributed by atoms with Crippen LogP contribution in [-0.4, -0.2) is 35.7 Å². The predicted molar refractivity (Wildman–Crippen MR) is 94.9 cm³/mol. The van der Waals surface area contributed by atoms with Gasteiger partial charge in [0.1, 0.15) is 0 Å². The van der Waals surface area contributed by atoms with Gasteiger partial charge in [0.15, 0.2) is 5.84 Å². The molecule has 0 spiro atoms. The van der Waals surface area contributed by atoms with Crippen LogP contribution in [0.15, 0.2) is 35.0 Å². The van der Waals surface area contributed by atoms with Crippen molar-refractivity contribution in [1.82, 2.24) is 10.2 Å². The monoisotopic (exact) mass is 321 g/mol. The zero-order chi connectivity index (χ0) is 17.1. The molecule has 0 aromatic heterocycles. The van der Waals surface area contributed by atoms with Crippen LogP contribution in [0.5, 0.6) is 0 Å². The van der Waals surface area contributed by atoms with Gasteiger partial charge >= 0.3 is 0 Å². The molecular weight excluding hydrogens is 302 g/mol. The number of hydrogen-bond donors (Lipinski definition) is 3. The summed E-state index contributed by atoms with van der Waals surface area (Å²) < 4.78 is 0. The number of aryl methyl sites for hydroxylation is 1. The van der Waals surface area contributed by atoms with Gasteiger partial charge in [0.25, 0.3) is 5.91 Å². The van der Waals surface area contributed by atoms with Crippen molar-refractivity contribution in [1.29, 1.82) is 5.41 Å². The summed E-state index contributed by atoms with van der Waals surface area (Å²) in [6, 6.07) is 5.56. The Balaban J connectivity index is 1.77. The third-order valence-corrected chi connectivity index (χ3v) is 4.11. The first-order valence-electron chi connectivity index (χ1n) is 7.86. The van der Waals surface area contributed by atoms with Gasteiger partial charge in [-0.05, 0) is 43.5 Å². The van der Waals surface area contributed by atoms with Gasteiger partial charge in [-0.2, -0.15) is 4.99 Å². The van der Waals surface area contributed by atoms with Gasteiger partial charge in [-0.25, -0.2) is 0 Å². The van der Waals surface area contributed by atoms with E-state index in [1.165, 1.54) is 6.20 Å². The molecule has 2 aliphatic rings. The number of amidine groups is 1. The van der Waals surface area contributed by atoms with Gasteiger partial charge < -0.3 is 10.2 Å². The summed E-state index contributed by atoms with van der Waals surface area (Å²) in [4.78, 5) is 18.5. The van der Waals surface area contributed by atoms with E-state index in [0.29, 0.717) is 5.96 Å². The molecule has 1 aromatic carbocycles. The topological polar surface area (TPSA) is 80.6 Å². The van der Waals surface area contributed by atoms with Gasteiger partial charge in [0.2, 0.25) is 5.96 Å². The van der Waals surface area contributed by atoms with Crippen molar-refractivity contribution in [3.63, 3.8) is 0 Å². The minimum absolute atomic E-state index is 0.0361. The Hall–Kier alpha value is -3.07. The zero-order valence-electron chi connectivity index (χ0n) is 13.5. The first-order valence-corrected chi connectivity index (χ1v) is 7.86. The fourth-order valence-corrected chi connectivity index (χ4v) is 2.75. The lowest BCUT2D eigenvalue weighted by Crippen LogP contribution is -2.47. The Labute approximate surface area is 141 Å². The number of nitrogens with one attached hydrogen (secondary N) is 3. The zero-order valence-corrected chi connectivity index (χ0v) is 13.5. The molecule has 0 radical (unpaired) electrons. The maximum absolute atomic E-state index is 12.3. The average Bonchev–Trinajstić information content (AvgIpc) is 3.09. The van der Waals surface area contributed by atoms with Crippen LogP contribution in [-0.2, 0) is 4.79 Å². The maximum Gasteiger partial charge on any atom is 0.263 e. The Bertz CT molecular complexity index is 794. The molecule has 122 valence electrons. The van der Waals surface area contributed by atoms with E-state index in [-0.39, 0.29) is 17.3 Å². The lowest BCUT2D eigenvalue weighted by atomic mass is 10.1. The molecule has 0 saturated carbocycles. The highest BCUT2D eigenvalue weighted by Gasteiger charge is 2.27. The number of rotatable bonds is 2. The molecule has 6 nitrogen and oxygen atoms in total. The Morgan fingerprint density at radius 3 is 2.79 bits per heavy atom. The quantitative estimate of drug-likeness (QED) is 0.574. The second-order valence-electron chi connectivity index (χ2n) is 5.81. The maximum atomic E-state index is 12.3. The largest absolute Gasteiger partial charge is 0.361 e. The van der Waals surface area contributed by atoms with Crippen LogP contribution in [0, 0.1) is 24.7 Å². The molecule has 0 atom stereocenters. The Kier molecular flexibility index (Phi) is 4.34. The first kappa shape index (κ1) is 15.8. The number of anilines is 1. The lowest BCUT2D eigenvalue weighted by molar-refractivity contribution is -0.115. The Morgan fingerprint density at radius 1 is 1.42 bits per heavy atom. The van der Waals surface area contributed by atoms with Crippen LogP contribution in [0.2, 0.25) is 0 Å². The second kappa shape index (κ2) is 6.59. The van der Waals surface area contributed by atoms with Crippen LogP contribution in [0.25, 0.3) is 0 Å². The number of carbonyl (C=O) groups is 1. The van der Waals surface area contributed by atoms with E-state index in [4.69, 9.17) is 11.8 Å². The summed E-state index contributed by atoms with van der Waals surface area (Å²) in [6.07, 6.45) is 9.06. The number of hydrogen-bond acceptors (Lipinski definition) is 4. The SMILES string of the molecule is C#Cc1ccc(N/C=C2\C(=N)N=C(N3CCCC3)NC2=O)c(C)c1. The van der Waals surface area contributed by atoms with E-state index < -0.39 is 0 Å². The van der Waals surface area contributed by atoms with Crippen molar-refractivity contribution in [2.75, 3.05) is 18.4 Å². The number of benzene rings is 1. The predicted octanol–water partition coefficient (Wildman–Crippen LogP) is 1.83. The van der Waals surface area contributed by atoms with E-state index in [2.05, 4.69) is 21.5 Å². The van der Waals surface area contributed by atoms with Crippen molar-refractivity contribution < 1.29 is 4.79 Å². The van der Waals surface area contributed by atoms with Crippen molar-refractivity contribution in [3.05, 3.63) is 41.1 Å². The molecule has 0 aliphatic carbocycles. The molecular formula is C18H19N5O. The van der Waals surface area contributed by atoms with Crippen LogP contribution in [0.3, 0.4) is 0 Å². The number of carbonyl (C=O) groups excluding carboxylic acids is 1. The molecule has 1 saturated heterocycles. The number of nitrogens with zero attached hydrogens (tertiary/aromatic N) is 2. The summed E-state index contributed by atoms with van der Waals surface area (Å²) in [5, 5.41) is 13.9. The van der Waals surface area contributed by atoms with Crippen LogP contribution >= 0.6 is 0 Å². The van der Waals surface area contributed by atoms with Gasteiger partial charge in [-0.15, -0.1) is 6.42 Å². The second-order valence-corrected chi connectivity index (χ2v) is 5.81. The van der Waals surface area contributed by atoms with Crippen molar-refractivity contribution in [3.8, 4) is 12.3 Å². The smallest absolute Gasteiger partial charge is 0.263 e. The standard InChI is InChI=1S/C18H19N5O/c1-3-13-6-7-15(12(2)10-13)20-11-14-16(19)21-18(22-17(14)24)23-8-4-5-9-23/h1,6-7,10-11,20H,4-5,8-9H2,2H3,(H2,19,21,22,24)/b14-11+. The van der Waals surface area contributed by atoms with Crippen molar-refractivity contribution >= 4 is 23.4 Å². The molecule has 3 rings (SSSR count). The van der Waals surface area contributed by atoms with Gasteiger partial charge in [0.05, 0.1) is 5.57 Å². The van der Waals surface area contributed by atoms with E-state index in [1.807, 2.05) is 30.0 Å². The Morgan fingerprint density at radius 2 is 2.17 bits per heavy atom. The van der Waals surface area contributed by atoms with Gasteiger partial charge in [-0.3, -0.25) is 15.5 Å². The lowest BCUT2D eigenvalue weighted by Gasteiger charge is -2.24. The van der Waals surface area contributed by atoms with E-state index in [0.717, 1.165) is 42.7 Å². The van der Waals surface area contributed by atoms with E-state index in [9.17, 15) is 4.79 Å². The number of guanidine groups is 1. The summed E-state index contributed by atoms with van der Waals surface area (Å²) >= 11 is 0. The summed E-state index contributed by atoms with van der Waals surface area (Å²) in [6.45, 7) is 3.66. The fraction of sp³-hybridized carbons (Fsp3) is 0.278. The van der Waals surface area contributed by atoms with Crippen LogP contribution < -0.4 is 10.6 Å². The van der Waals surface area contributed by atoms with E-state index in [1.54, 1.807) is 0 Å². The highest BCUT2D eigenvalue weighted by Crippen LogP contribution is 2.17. The van der Waals surface area contributed by atoms with Gasteiger partial charge in [0, 0.05) is 30.5 Å². The summed E-state index contributed by atoms with van der Waals surface area (Å²) in [5.74, 6) is 2.71. The summed E-state index contributed by atoms with van der Waals surface area (Å²) in [7, 11) is 0.